The summed E-state index contributed by atoms with van der Waals surface area (Å²) in [6.07, 6.45) is 0. The van der Waals surface area contributed by atoms with Crippen molar-refractivity contribution in [3.63, 3.8) is 0 Å². The lowest BCUT2D eigenvalue weighted by atomic mass is 10.0. The largest absolute Gasteiger partial charge is 0.268 e. The van der Waals surface area contributed by atoms with Gasteiger partial charge in [0.15, 0.2) is 0 Å². The van der Waals surface area contributed by atoms with Gasteiger partial charge in [-0.3, -0.25) is 18.7 Å². The predicted octanol–water partition coefficient (Wildman–Crippen LogP) is 5.39. The second-order valence-corrected chi connectivity index (χ2v) is 8.65. The van der Waals surface area contributed by atoms with E-state index in [9.17, 15) is 9.59 Å². The molecular formula is C28H14N4O2. The molecule has 0 unspecified atom stereocenters. The van der Waals surface area contributed by atoms with Gasteiger partial charge in [0.05, 0.1) is 33.2 Å². The van der Waals surface area contributed by atoms with E-state index in [4.69, 9.17) is 9.97 Å². The molecule has 34 heavy (non-hydrogen) atoms. The topological polar surface area (TPSA) is 69.8 Å². The van der Waals surface area contributed by atoms with E-state index in [1.165, 1.54) is 0 Å². The van der Waals surface area contributed by atoms with Gasteiger partial charge in [0.25, 0.3) is 11.8 Å². The Morgan fingerprint density at radius 3 is 1.35 bits per heavy atom. The zero-order chi connectivity index (χ0) is 22.6. The molecule has 2 aliphatic heterocycles. The predicted molar refractivity (Wildman–Crippen MR) is 129 cm³/mol. The van der Waals surface area contributed by atoms with Crippen molar-refractivity contribution in [1.82, 2.24) is 19.1 Å². The van der Waals surface area contributed by atoms with Gasteiger partial charge in [-0.15, -0.1) is 0 Å². The fourth-order valence-electron chi connectivity index (χ4n) is 5.26. The number of carbonyl (C=O) groups is 2. The molecule has 6 nitrogen and oxygen atoms in total. The van der Waals surface area contributed by atoms with Crippen molar-refractivity contribution in [3.05, 3.63) is 96.1 Å². The van der Waals surface area contributed by atoms with Gasteiger partial charge in [-0.1, -0.05) is 48.5 Å². The summed E-state index contributed by atoms with van der Waals surface area (Å²) in [5.74, 6) is 1.29. The van der Waals surface area contributed by atoms with Gasteiger partial charge in [-0.2, -0.15) is 0 Å². The highest BCUT2D eigenvalue weighted by Gasteiger charge is 2.31. The minimum Gasteiger partial charge on any atom is -0.268 e. The van der Waals surface area contributed by atoms with Crippen LogP contribution in [0.5, 0.6) is 0 Å². The van der Waals surface area contributed by atoms with E-state index in [1.807, 2.05) is 84.9 Å². The van der Waals surface area contributed by atoms with Crippen molar-refractivity contribution in [3.8, 4) is 33.9 Å². The molecule has 6 heteroatoms. The van der Waals surface area contributed by atoms with Crippen molar-refractivity contribution in [2.75, 3.05) is 0 Å². The number of benzene rings is 4. The fraction of sp³-hybridized carbons (Fsp3) is 0. The summed E-state index contributed by atoms with van der Waals surface area (Å²) in [5.41, 5.74) is 8.19. The number of hydrogen-bond acceptors (Lipinski definition) is 4. The summed E-state index contributed by atoms with van der Waals surface area (Å²) in [4.78, 5) is 35.4. The van der Waals surface area contributed by atoms with Crippen LogP contribution in [0.4, 0.5) is 0 Å². The van der Waals surface area contributed by atoms with Crippen LogP contribution in [0.25, 0.3) is 56.0 Å². The van der Waals surface area contributed by atoms with E-state index < -0.39 is 0 Å². The maximum Gasteiger partial charge on any atom is 0.264 e. The van der Waals surface area contributed by atoms with Crippen LogP contribution in [0, 0.1) is 0 Å². The SMILES string of the molecule is O=C1c2ccccc2-c2nc3cc(-c4ccc5c(c4)nc4n5C(=O)c5ccccc5-4)ccc3n21. The molecule has 0 spiro atoms. The number of rotatable bonds is 1. The van der Waals surface area contributed by atoms with Crippen LogP contribution in [0.15, 0.2) is 84.9 Å². The number of hydrogen-bond donors (Lipinski definition) is 0. The van der Waals surface area contributed by atoms with Gasteiger partial charge in [-0.05, 0) is 47.5 Å². The van der Waals surface area contributed by atoms with E-state index >= 15 is 0 Å². The molecule has 4 aromatic carbocycles. The van der Waals surface area contributed by atoms with E-state index in [0.29, 0.717) is 22.8 Å². The molecule has 0 saturated heterocycles. The van der Waals surface area contributed by atoms with Crippen LogP contribution in [-0.4, -0.2) is 30.9 Å². The highest BCUT2D eigenvalue weighted by molar-refractivity contribution is 6.14. The van der Waals surface area contributed by atoms with E-state index in [2.05, 4.69) is 0 Å². The Labute approximate surface area is 192 Å². The van der Waals surface area contributed by atoms with Crippen LogP contribution >= 0.6 is 0 Å². The Balaban J connectivity index is 1.27. The molecule has 0 saturated carbocycles. The van der Waals surface area contributed by atoms with Gasteiger partial charge >= 0.3 is 0 Å². The van der Waals surface area contributed by atoms with Gasteiger partial charge in [0.2, 0.25) is 0 Å². The number of fused-ring (bicyclic) bond motifs is 10. The van der Waals surface area contributed by atoms with Gasteiger partial charge in [0, 0.05) is 11.1 Å². The van der Waals surface area contributed by atoms with Crippen molar-refractivity contribution < 1.29 is 9.59 Å². The van der Waals surface area contributed by atoms with Gasteiger partial charge < -0.3 is 0 Å². The maximum atomic E-state index is 12.9. The van der Waals surface area contributed by atoms with Crippen LogP contribution in [-0.2, 0) is 0 Å². The first-order valence-electron chi connectivity index (χ1n) is 11.0. The normalized spacial score (nSPS) is 13.4. The first-order chi connectivity index (χ1) is 16.7. The number of nitrogens with zero attached hydrogens (tertiary/aromatic N) is 4. The van der Waals surface area contributed by atoms with Gasteiger partial charge in [-0.25, -0.2) is 9.97 Å². The summed E-state index contributed by atoms with van der Waals surface area (Å²) < 4.78 is 3.38. The molecule has 0 atom stereocenters. The lowest BCUT2D eigenvalue weighted by molar-refractivity contribution is 0.0965. The third-order valence-corrected chi connectivity index (χ3v) is 6.85. The minimum absolute atomic E-state index is 0.0419. The summed E-state index contributed by atoms with van der Waals surface area (Å²) in [5, 5.41) is 0. The molecule has 0 N–H and O–H groups in total. The Kier molecular flexibility index (Phi) is 3.09. The minimum atomic E-state index is -0.0419. The van der Waals surface area contributed by atoms with E-state index in [0.717, 1.165) is 44.3 Å². The summed E-state index contributed by atoms with van der Waals surface area (Å²) in [6.45, 7) is 0. The van der Waals surface area contributed by atoms with Gasteiger partial charge in [0.1, 0.15) is 11.6 Å². The molecule has 4 heterocycles. The van der Waals surface area contributed by atoms with Crippen LogP contribution < -0.4 is 0 Å². The molecule has 6 aromatic rings. The second kappa shape index (κ2) is 5.94. The average molecular weight is 438 g/mol. The zero-order valence-corrected chi connectivity index (χ0v) is 17.7. The third kappa shape index (κ3) is 2.05. The second-order valence-electron chi connectivity index (χ2n) is 8.65. The number of carbonyl (C=O) groups excluding carboxylic acids is 2. The van der Waals surface area contributed by atoms with Crippen molar-refractivity contribution >= 4 is 33.9 Å². The Morgan fingerprint density at radius 1 is 0.500 bits per heavy atom. The molecule has 2 aromatic heterocycles. The zero-order valence-electron chi connectivity index (χ0n) is 17.7. The monoisotopic (exact) mass is 438 g/mol. The lowest BCUT2D eigenvalue weighted by Gasteiger charge is -2.04. The van der Waals surface area contributed by atoms with E-state index in [1.54, 1.807) is 9.13 Å². The number of imidazole rings is 2. The molecular weight excluding hydrogens is 424 g/mol. The molecule has 0 aliphatic carbocycles. The highest BCUT2D eigenvalue weighted by Crippen LogP contribution is 2.38. The fourth-order valence-corrected chi connectivity index (χ4v) is 5.26. The summed E-state index contributed by atoms with van der Waals surface area (Å²) in [6, 6.07) is 27.0. The quantitative estimate of drug-likeness (QED) is 0.345. The third-order valence-electron chi connectivity index (χ3n) is 6.85. The smallest absolute Gasteiger partial charge is 0.264 e. The van der Waals surface area contributed by atoms with Crippen LogP contribution in [0.2, 0.25) is 0 Å². The molecule has 158 valence electrons. The molecule has 0 bridgehead atoms. The van der Waals surface area contributed by atoms with Crippen molar-refractivity contribution in [2.24, 2.45) is 0 Å². The maximum absolute atomic E-state index is 12.9. The van der Waals surface area contributed by atoms with Crippen molar-refractivity contribution in [2.45, 2.75) is 0 Å². The lowest BCUT2D eigenvalue weighted by Crippen LogP contribution is -2.05. The first-order valence-corrected chi connectivity index (χ1v) is 11.0. The molecule has 0 radical (unpaired) electrons. The summed E-state index contributed by atoms with van der Waals surface area (Å²) >= 11 is 0. The van der Waals surface area contributed by atoms with Crippen LogP contribution in [0.1, 0.15) is 20.7 Å². The molecule has 2 aliphatic rings. The molecule has 0 fully saturated rings. The Hall–Kier alpha value is -4.84. The Bertz CT molecular complexity index is 1770. The first kappa shape index (κ1) is 17.7. The highest BCUT2D eigenvalue weighted by atomic mass is 16.2. The Morgan fingerprint density at radius 2 is 0.912 bits per heavy atom. The average Bonchev–Trinajstić information content (AvgIpc) is 3.58. The standard InChI is InChI=1S/C28H14N4O2/c33-27-19-7-3-1-5-17(19)25-29-21-13-15(9-11-23(21)31(25)27)16-10-12-24-22(14-16)30-26-18-6-2-4-8-20(18)28(34)32(24)26/h1-14H. The molecule has 0 amide bonds. The summed E-state index contributed by atoms with van der Waals surface area (Å²) in [7, 11) is 0. The van der Waals surface area contributed by atoms with Crippen molar-refractivity contribution in [1.29, 1.82) is 0 Å². The van der Waals surface area contributed by atoms with E-state index in [-0.39, 0.29) is 11.8 Å². The van der Waals surface area contributed by atoms with Crippen LogP contribution in [0.3, 0.4) is 0 Å². The molecule has 8 rings (SSSR count). The number of aromatic nitrogens is 4.